The molecule has 0 saturated carbocycles. The Morgan fingerprint density at radius 1 is 1.15 bits per heavy atom. The third-order valence-corrected chi connectivity index (χ3v) is 2.03. The Hall–Kier alpha value is -1.48. The molecule has 2 heterocycles. The molecule has 13 heavy (non-hydrogen) atoms. The highest BCUT2D eigenvalue weighted by Crippen LogP contribution is 2.15. The lowest BCUT2D eigenvalue weighted by molar-refractivity contribution is 1.28. The lowest BCUT2D eigenvalue weighted by Crippen LogP contribution is -1.80. The first-order chi connectivity index (χ1) is 6.36. The maximum atomic E-state index is 4.95. The highest BCUT2D eigenvalue weighted by atomic mass is 32.1. The fourth-order valence-electron chi connectivity index (χ4n) is 1.12. The van der Waals surface area contributed by atoms with Gasteiger partial charge in [-0.2, -0.15) is 0 Å². The van der Waals surface area contributed by atoms with Crippen molar-refractivity contribution in [1.82, 2.24) is 9.97 Å². The Kier molecular flexibility index (Phi) is 2.19. The number of nitrogens with one attached hydrogen (secondary N) is 1. The van der Waals surface area contributed by atoms with Crippen molar-refractivity contribution in [2.75, 3.05) is 0 Å². The molecule has 0 radical (unpaired) electrons. The third kappa shape index (κ3) is 1.81. The Labute approximate surface area is 81.3 Å². The Morgan fingerprint density at radius 3 is 2.69 bits per heavy atom. The molecule has 64 valence electrons. The van der Waals surface area contributed by atoms with Crippen molar-refractivity contribution in [1.29, 1.82) is 0 Å². The molecule has 0 aromatic carbocycles. The summed E-state index contributed by atoms with van der Waals surface area (Å²) in [5, 5.41) is 0. The highest BCUT2D eigenvalue weighted by molar-refractivity contribution is 7.71. The SMILES string of the molecule is S=c1ccc(-c2cccnc2)c[nH]1. The van der Waals surface area contributed by atoms with Crippen LogP contribution in [0.3, 0.4) is 0 Å². The normalized spacial score (nSPS) is 9.85. The third-order valence-electron chi connectivity index (χ3n) is 1.78. The fraction of sp³-hybridized carbons (Fsp3) is 0. The van der Waals surface area contributed by atoms with E-state index in [0.717, 1.165) is 15.8 Å². The average molecular weight is 188 g/mol. The van der Waals surface area contributed by atoms with Crippen molar-refractivity contribution in [3.63, 3.8) is 0 Å². The summed E-state index contributed by atoms with van der Waals surface area (Å²) >= 11 is 4.95. The topological polar surface area (TPSA) is 28.7 Å². The van der Waals surface area contributed by atoms with Crippen molar-refractivity contribution < 1.29 is 0 Å². The zero-order valence-corrected chi connectivity index (χ0v) is 7.71. The van der Waals surface area contributed by atoms with Crippen LogP contribution in [0.5, 0.6) is 0 Å². The summed E-state index contributed by atoms with van der Waals surface area (Å²) in [6.07, 6.45) is 5.47. The zero-order chi connectivity index (χ0) is 9.10. The van der Waals surface area contributed by atoms with Gasteiger partial charge in [0.25, 0.3) is 0 Å². The predicted octanol–water partition coefficient (Wildman–Crippen LogP) is 2.81. The summed E-state index contributed by atoms with van der Waals surface area (Å²) in [4.78, 5) is 7.03. The largest absolute Gasteiger partial charge is 0.352 e. The molecule has 0 bridgehead atoms. The molecule has 0 aliphatic heterocycles. The number of nitrogens with zero attached hydrogens (tertiary/aromatic N) is 1. The van der Waals surface area contributed by atoms with Crippen LogP contribution in [0.4, 0.5) is 0 Å². The summed E-state index contributed by atoms with van der Waals surface area (Å²) in [7, 11) is 0. The first-order valence-electron chi connectivity index (χ1n) is 3.95. The number of aromatic amines is 1. The standard InChI is InChI=1S/C10H8N2S/c13-10-4-3-9(7-12-10)8-2-1-5-11-6-8/h1-7H,(H,12,13). The Morgan fingerprint density at radius 2 is 2.08 bits per heavy atom. The highest BCUT2D eigenvalue weighted by Gasteiger charge is 1.94. The number of hydrogen-bond donors (Lipinski definition) is 1. The van der Waals surface area contributed by atoms with Gasteiger partial charge in [0, 0.05) is 24.2 Å². The fourth-order valence-corrected chi connectivity index (χ4v) is 1.25. The van der Waals surface area contributed by atoms with E-state index in [-0.39, 0.29) is 0 Å². The van der Waals surface area contributed by atoms with Crippen molar-refractivity contribution >= 4 is 12.2 Å². The van der Waals surface area contributed by atoms with E-state index in [9.17, 15) is 0 Å². The average Bonchev–Trinajstić information content (AvgIpc) is 2.20. The Bertz CT molecular complexity index is 427. The van der Waals surface area contributed by atoms with Gasteiger partial charge in [0.05, 0.1) is 0 Å². The zero-order valence-electron chi connectivity index (χ0n) is 6.90. The van der Waals surface area contributed by atoms with Crippen LogP contribution in [-0.4, -0.2) is 9.97 Å². The molecule has 0 saturated heterocycles. The van der Waals surface area contributed by atoms with E-state index in [1.54, 1.807) is 6.20 Å². The molecule has 3 heteroatoms. The van der Waals surface area contributed by atoms with E-state index in [4.69, 9.17) is 12.2 Å². The predicted molar refractivity (Wildman–Crippen MR) is 54.9 cm³/mol. The number of hydrogen-bond acceptors (Lipinski definition) is 2. The molecule has 0 atom stereocenters. The molecule has 0 fully saturated rings. The summed E-state index contributed by atoms with van der Waals surface area (Å²) in [5.74, 6) is 0. The molecule has 2 nitrogen and oxygen atoms in total. The number of H-pyrrole nitrogens is 1. The van der Waals surface area contributed by atoms with E-state index in [0.29, 0.717) is 0 Å². The van der Waals surface area contributed by atoms with Crippen LogP contribution in [0.25, 0.3) is 11.1 Å². The molecule has 2 aromatic heterocycles. The van der Waals surface area contributed by atoms with Gasteiger partial charge in [-0.15, -0.1) is 0 Å². The van der Waals surface area contributed by atoms with E-state index in [1.165, 1.54) is 0 Å². The van der Waals surface area contributed by atoms with Crippen LogP contribution < -0.4 is 0 Å². The maximum Gasteiger partial charge on any atom is 0.103 e. The van der Waals surface area contributed by atoms with Gasteiger partial charge in [-0.1, -0.05) is 18.3 Å². The molecular formula is C10H8N2S. The maximum absolute atomic E-state index is 4.95. The van der Waals surface area contributed by atoms with Gasteiger partial charge in [0.15, 0.2) is 0 Å². The number of rotatable bonds is 1. The summed E-state index contributed by atoms with van der Waals surface area (Å²) in [6, 6.07) is 7.78. The molecular weight excluding hydrogens is 180 g/mol. The molecule has 0 spiro atoms. The molecule has 0 aliphatic carbocycles. The van der Waals surface area contributed by atoms with E-state index >= 15 is 0 Å². The molecule has 2 rings (SSSR count). The summed E-state index contributed by atoms with van der Waals surface area (Å²) < 4.78 is 0.743. The van der Waals surface area contributed by atoms with Gasteiger partial charge in [-0.3, -0.25) is 4.98 Å². The summed E-state index contributed by atoms with van der Waals surface area (Å²) in [6.45, 7) is 0. The van der Waals surface area contributed by atoms with E-state index in [1.807, 2.05) is 36.7 Å². The van der Waals surface area contributed by atoms with Crippen LogP contribution in [0.15, 0.2) is 42.9 Å². The van der Waals surface area contributed by atoms with Gasteiger partial charge < -0.3 is 4.98 Å². The second kappa shape index (κ2) is 3.49. The van der Waals surface area contributed by atoms with Crippen LogP contribution in [-0.2, 0) is 0 Å². The molecule has 0 unspecified atom stereocenters. The monoisotopic (exact) mass is 188 g/mol. The Balaban J connectivity index is 2.48. The lowest BCUT2D eigenvalue weighted by atomic mass is 10.1. The van der Waals surface area contributed by atoms with E-state index < -0.39 is 0 Å². The van der Waals surface area contributed by atoms with Crippen molar-refractivity contribution in [3.05, 3.63) is 47.5 Å². The van der Waals surface area contributed by atoms with Gasteiger partial charge in [0.2, 0.25) is 0 Å². The van der Waals surface area contributed by atoms with Crippen LogP contribution in [0.2, 0.25) is 0 Å². The first kappa shape index (κ1) is 8.13. The molecule has 0 amide bonds. The molecule has 1 N–H and O–H groups in total. The number of aromatic nitrogens is 2. The van der Waals surface area contributed by atoms with Crippen LogP contribution >= 0.6 is 12.2 Å². The van der Waals surface area contributed by atoms with Crippen molar-refractivity contribution in [2.45, 2.75) is 0 Å². The van der Waals surface area contributed by atoms with Gasteiger partial charge in [0.1, 0.15) is 4.64 Å². The smallest absolute Gasteiger partial charge is 0.103 e. The second-order valence-electron chi connectivity index (χ2n) is 2.68. The van der Waals surface area contributed by atoms with Gasteiger partial charge in [-0.25, -0.2) is 0 Å². The molecule has 2 aromatic rings. The lowest BCUT2D eigenvalue weighted by Gasteiger charge is -1.98. The summed E-state index contributed by atoms with van der Waals surface area (Å²) in [5.41, 5.74) is 2.19. The first-order valence-corrected chi connectivity index (χ1v) is 4.36. The van der Waals surface area contributed by atoms with Crippen molar-refractivity contribution in [2.24, 2.45) is 0 Å². The minimum Gasteiger partial charge on any atom is -0.352 e. The van der Waals surface area contributed by atoms with Crippen molar-refractivity contribution in [3.8, 4) is 11.1 Å². The van der Waals surface area contributed by atoms with Crippen LogP contribution in [0, 0.1) is 4.64 Å². The minimum absolute atomic E-state index is 0.743. The van der Waals surface area contributed by atoms with Crippen LogP contribution in [0.1, 0.15) is 0 Å². The van der Waals surface area contributed by atoms with Gasteiger partial charge >= 0.3 is 0 Å². The van der Waals surface area contributed by atoms with E-state index in [2.05, 4.69) is 9.97 Å². The minimum atomic E-state index is 0.743. The second-order valence-corrected chi connectivity index (χ2v) is 3.12. The quantitative estimate of drug-likeness (QED) is 0.697. The molecule has 0 aliphatic rings. The number of pyridine rings is 2. The van der Waals surface area contributed by atoms with Gasteiger partial charge in [-0.05, 0) is 23.8 Å².